The van der Waals surface area contributed by atoms with Gasteiger partial charge in [-0.1, -0.05) is 6.92 Å². The van der Waals surface area contributed by atoms with Crippen LogP contribution in [-0.2, 0) is 4.79 Å². The van der Waals surface area contributed by atoms with Crippen LogP contribution in [0.4, 0.5) is 11.6 Å². The van der Waals surface area contributed by atoms with E-state index in [-0.39, 0.29) is 5.91 Å². The molecule has 6 nitrogen and oxygen atoms in total. The number of hydrogen-bond donors (Lipinski definition) is 2. The third kappa shape index (κ3) is 3.62. The van der Waals surface area contributed by atoms with Crippen LogP contribution in [0.3, 0.4) is 0 Å². The Hall–Kier alpha value is -1.85. The average Bonchev–Trinajstić information content (AvgIpc) is 3.31. The molecule has 1 aromatic rings. The summed E-state index contributed by atoms with van der Waals surface area (Å²) in [5.41, 5.74) is 0.999. The maximum atomic E-state index is 11.8. The van der Waals surface area contributed by atoms with Crippen LogP contribution in [0.5, 0.6) is 0 Å². The first-order chi connectivity index (χ1) is 10.1. The Morgan fingerprint density at radius 1 is 1.33 bits per heavy atom. The van der Waals surface area contributed by atoms with Crippen LogP contribution in [0, 0.1) is 6.92 Å². The Balaban J connectivity index is 2.36. The fourth-order valence-corrected chi connectivity index (χ4v) is 2.38. The Kier molecular flexibility index (Phi) is 4.98. The first-order valence-corrected chi connectivity index (χ1v) is 7.62. The largest absolute Gasteiger partial charge is 0.373 e. The molecule has 0 unspecified atom stereocenters. The molecule has 0 radical (unpaired) electrons. The predicted molar refractivity (Wildman–Crippen MR) is 84.9 cm³/mol. The third-order valence-corrected chi connectivity index (χ3v) is 3.72. The van der Waals surface area contributed by atoms with Crippen LogP contribution in [0.1, 0.15) is 43.5 Å². The van der Waals surface area contributed by atoms with E-state index in [0.29, 0.717) is 12.5 Å². The molecule has 21 heavy (non-hydrogen) atoms. The van der Waals surface area contributed by atoms with Gasteiger partial charge >= 0.3 is 0 Å². The number of nitrogens with zero attached hydrogens (tertiary/aromatic N) is 3. The van der Waals surface area contributed by atoms with Crippen molar-refractivity contribution in [2.75, 3.05) is 37.4 Å². The van der Waals surface area contributed by atoms with E-state index in [1.165, 1.54) is 0 Å². The van der Waals surface area contributed by atoms with E-state index in [9.17, 15) is 4.79 Å². The molecular formula is C15H25N5O. The van der Waals surface area contributed by atoms with Crippen LogP contribution in [0.2, 0.25) is 0 Å². The lowest BCUT2D eigenvalue weighted by Gasteiger charge is -2.25. The van der Waals surface area contributed by atoms with Crippen LogP contribution in [-0.4, -0.2) is 43.1 Å². The molecule has 0 aromatic carbocycles. The van der Waals surface area contributed by atoms with E-state index in [1.54, 1.807) is 7.05 Å². The van der Waals surface area contributed by atoms with E-state index in [0.717, 1.165) is 48.8 Å². The summed E-state index contributed by atoms with van der Waals surface area (Å²) < 4.78 is 0. The van der Waals surface area contributed by atoms with Gasteiger partial charge in [-0.2, -0.15) is 0 Å². The van der Waals surface area contributed by atoms with Crippen molar-refractivity contribution in [2.24, 2.45) is 0 Å². The van der Waals surface area contributed by atoms with Crippen molar-refractivity contribution in [3.63, 3.8) is 0 Å². The molecule has 1 aromatic heterocycles. The Labute approximate surface area is 126 Å². The summed E-state index contributed by atoms with van der Waals surface area (Å²) in [5.74, 6) is 3.12. The van der Waals surface area contributed by atoms with Crippen molar-refractivity contribution in [3.8, 4) is 0 Å². The van der Waals surface area contributed by atoms with Gasteiger partial charge in [0.15, 0.2) is 0 Å². The molecular weight excluding hydrogens is 266 g/mol. The topological polar surface area (TPSA) is 70.2 Å². The standard InChI is InChI=1S/C15H25N5O/c1-5-8-20(9-12(21)16-3)15-10(2)13(17-4)18-14(19-15)11-6-7-11/h11H,5-9H2,1-4H3,(H,16,21)(H,17,18,19). The van der Waals surface area contributed by atoms with Crippen LogP contribution < -0.4 is 15.5 Å². The zero-order valence-corrected chi connectivity index (χ0v) is 13.4. The molecule has 0 saturated heterocycles. The van der Waals surface area contributed by atoms with Gasteiger partial charge in [0.1, 0.15) is 17.5 Å². The molecule has 2 N–H and O–H groups in total. The Bertz CT molecular complexity index is 513. The summed E-state index contributed by atoms with van der Waals surface area (Å²) in [5, 5.41) is 5.83. The summed E-state index contributed by atoms with van der Waals surface area (Å²) in [6.45, 7) is 5.24. The van der Waals surface area contributed by atoms with Gasteiger partial charge in [-0.25, -0.2) is 9.97 Å². The minimum Gasteiger partial charge on any atom is -0.373 e. The Morgan fingerprint density at radius 2 is 2.05 bits per heavy atom. The summed E-state index contributed by atoms with van der Waals surface area (Å²) >= 11 is 0. The molecule has 1 heterocycles. The molecule has 1 fully saturated rings. The highest BCUT2D eigenvalue weighted by Crippen LogP contribution is 2.40. The SMILES string of the molecule is CCCN(CC(=O)NC)c1nc(C2CC2)nc(NC)c1C. The number of anilines is 2. The highest BCUT2D eigenvalue weighted by Gasteiger charge is 2.29. The van der Waals surface area contributed by atoms with Crippen molar-refractivity contribution in [1.82, 2.24) is 15.3 Å². The van der Waals surface area contributed by atoms with E-state index < -0.39 is 0 Å². The number of likely N-dealkylation sites (N-methyl/N-ethyl adjacent to an activating group) is 1. The molecule has 0 spiro atoms. The zero-order chi connectivity index (χ0) is 15.4. The van der Waals surface area contributed by atoms with Crippen molar-refractivity contribution < 1.29 is 4.79 Å². The number of nitrogens with one attached hydrogen (secondary N) is 2. The highest BCUT2D eigenvalue weighted by atomic mass is 16.1. The monoisotopic (exact) mass is 291 g/mol. The first kappa shape index (κ1) is 15.5. The van der Waals surface area contributed by atoms with Crippen molar-refractivity contribution in [1.29, 1.82) is 0 Å². The number of amides is 1. The normalized spacial score (nSPS) is 13.9. The number of carbonyl (C=O) groups is 1. The third-order valence-electron chi connectivity index (χ3n) is 3.72. The maximum absolute atomic E-state index is 11.8. The number of carbonyl (C=O) groups excluding carboxylic acids is 1. The number of aromatic nitrogens is 2. The van der Waals surface area contributed by atoms with Crippen molar-refractivity contribution >= 4 is 17.5 Å². The molecule has 1 saturated carbocycles. The van der Waals surface area contributed by atoms with E-state index in [4.69, 9.17) is 4.98 Å². The molecule has 0 aliphatic heterocycles. The second kappa shape index (κ2) is 6.74. The van der Waals surface area contributed by atoms with Crippen molar-refractivity contribution in [3.05, 3.63) is 11.4 Å². The smallest absolute Gasteiger partial charge is 0.239 e. The van der Waals surface area contributed by atoms with Gasteiger partial charge in [-0.15, -0.1) is 0 Å². The number of hydrogen-bond acceptors (Lipinski definition) is 5. The molecule has 2 rings (SSSR count). The molecule has 1 aliphatic carbocycles. The fourth-order valence-electron chi connectivity index (χ4n) is 2.38. The molecule has 0 bridgehead atoms. The van der Waals surface area contributed by atoms with Crippen LogP contribution >= 0.6 is 0 Å². The summed E-state index contributed by atoms with van der Waals surface area (Å²) in [6.07, 6.45) is 3.29. The molecule has 116 valence electrons. The number of rotatable bonds is 7. The lowest BCUT2D eigenvalue weighted by molar-refractivity contribution is -0.119. The maximum Gasteiger partial charge on any atom is 0.239 e. The fraction of sp³-hybridized carbons (Fsp3) is 0.667. The molecule has 1 aliphatic rings. The summed E-state index contributed by atoms with van der Waals surface area (Å²) in [6, 6.07) is 0. The highest BCUT2D eigenvalue weighted by molar-refractivity contribution is 5.81. The van der Waals surface area contributed by atoms with E-state index >= 15 is 0 Å². The van der Waals surface area contributed by atoms with E-state index in [2.05, 4.69) is 22.5 Å². The summed E-state index contributed by atoms with van der Waals surface area (Å²) in [4.78, 5) is 23.1. The zero-order valence-electron chi connectivity index (χ0n) is 13.4. The summed E-state index contributed by atoms with van der Waals surface area (Å²) in [7, 11) is 3.53. The van der Waals surface area contributed by atoms with Crippen LogP contribution in [0.15, 0.2) is 0 Å². The van der Waals surface area contributed by atoms with Crippen LogP contribution in [0.25, 0.3) is 0 Å². The van der Waals surface area contributed by atoms with Gasteiger partial charge in [0, 0.05) is 32.1 Å². The second-order valence-electron chi connectivity index (χ2n) is 5.50. The minimum atomic E-state index is 0.000409. The quantitative estimate of drug-likeness (QED) is 0.799. The Morgan fingerprint density at radius 3 is 2.57 bits per heavy atom. The van der Waals surface area contributed by atoms with Gasteiger partial charge in [0.25, 0.3) is 0 Å². The van der Waals surface area contributed by atoms with Gasteiger partial charge in [-0.05, 0) is 26.2 Å². The van der Waals surface area contributed by atoms with Gasteiger partial charge in [0.05, 0.1) is 6.54 Å². The average molecular weight is 291 g/mol. The molecule has 1 amide bonds. The first-order valence-electron chi connectivity index (χ1n) is 7.62. The predicted octanol–water partition coefficient (Wildman–Crippen LogP) is 1.67. The second-order valence-corrected chi connectivity index (χ2v) is 5.50. The van der Waals surface area contributed by atoms with Gasteiger partial charge in [0.2, 0.25) is 5.91 Å². The van der Waals surface area contributed by atoms with E-state index in [1.807, 2.05) is 18.9 Å². The minimum absolute atomic E-state index is 0.000409. The van der Waals surface area contributed by atoms with Crippen molar-refractivity contribution in [2.45, 2.75) is 39.0 Å². The van der Waals surface area contributed by atoms with Gasteiger partial charge in [-0.3, -0.25) is 4.79 Å². The van der Waals surface area contributed by atoms with Gasteiger partial charge < -0.3 is 15.5 Å². The lowest BCUT2D eigenvalue weighted by atomic mass is 10.2. The molecule has 0 atom stereocenters. The molecule has 6 heteroatoms. The lowest BCUT2D eigenvalue weighted by Crippen LogP contribution is -2.37.